The van der Waals surface area contributed by atoms with E-state index >= 15 is 0 Å². The van der Waals surface area contributed by atoms with Gasteiger partial charge >= 0.3 is 0 Å². The highest BCUT2D eigenvalue weighted by Gasteiger charge is 2.21. The van der Waals surface area contributed by atoms with Crippen molar-refractivity contribution in [1.82, 2.24) is 14.3 Å². The third-order valence-electron chi connectivity index (χ3n) is 2.34. The van der Waals surface area contributed by atoms with Crippen molar-refractivity contribution >= 4 is 10.2 Å². The van der Waals surface area contributed by atoms with Crippen molar-refractivity contribution in [2.75, 3.05) is 26.8 Å². The second-order valence-corrected chi connectivity index (χ2v) is 5.25. The zero-order valence-corrected chi connectivity index (χ0v) is 9.44. The minimum atomic E-state index is -3.25. The molecule has 0 aromatic rings. The number of rotatable bonds is 4. The van der Waals surface area contributed by atoms with Crippen LogP contribution in [0.2, 0.25) is 0 Å². The molecule has 1 fully saturated rings. The van der Waals surface area contributed by atoms with Crippen LogP contribution in [0.25, 0.3) is 0 Å². The first-order valence-corrected chi connectivity index (χ1v) is 6.50. The van der Waals surface area contributed by atoms with Crippen molar-refractivity contribution in [3.8, 4) is 0 Å². The summed E-state index contributed by atoms with van der Waals surface area (Å²) in [5, 5.41) is 2.76. The van der Waals surface area contributed by atoms with Crippen LogP contribution in [0.5, 0.6) is 0 Å². The fourth-order valence-electron chi connectivity index (χ4n) is 1.54. The van der Waals surface area contributed by atoms with Crippen molar-refractivity contribution in [2.24, 2.45) is 0 Å². The van der Waals surface area contributed by atoms with Gasteiger partial charge in [0.2, 0.25) is 0 Å². The van der Waals surface area contributed by atoms with Crippen LogP contribution in [0.4, 0.5) is 0 Å². The molecule has 1 heterocycles. The third-order valence-corrected chi connectivity index (χ3v) is 3.89. The Kier molecular flexibility index (Phi) is 4.80. The molecule has 0 spiro atoms. The molecule has 6 heteroatoms. The predicted molar refractivity (Wildman–Crippen MR) is 56.0 cm³/mol. The molecular formula is C8H19N3O2S. The van der Waals surface area contributed by atoms with E-state index in [-0.39, 0.29) is 0 Å². The summed E-state index contributed by atoms with van der Waals surface area (Å²) in [7, 11) is -1.53. The van der Waals surface area contributed by atoms with Crippen LogP contribution in [-0.2, 0) is 10.2 Å². The van der Waals surface area contributed by atoms with Crippen LogP contribution in [0.3, 0.4) is 0 Å². The monoisotopic (exact) mass is 221 g/mol. The molecule has 2 N–H and O–H groups in total. The summed E-state index contributed by atoms with van der Waals surface area (Å²) < 4.78 is 27.4. The van der Waals surface area contributed by atoms with Crippen molar-refractivity contribution in [3.63, 3.8) is 0 Å². The molecule has 0 aromatic carbocycles. The van der Waals surface area contributed by atoms with E-state index in [9.17, 15) is 8.42 Å². The maximum atomic E-state index is 11.7. The Morgan fingerprint density at radius 3 is 2.21 bits per heavy atom. The highest BCUT2D eigenvalue weighted by molar-refractivity contribution is 7.87. The summed E-state index contributed by atoms with van der Waals surface area (Å²) in [6, 6.07) is 0. The molecule has 1 saturated heterocycles. The first-order valence-electron chi connectivity index (χ1n) is 5.06. The summed E-state index contributed by atoms with van der Waals surface area (Å²) >= 11 is 0. The Morgan fingerprint density at radius 1 is 1.14 bits per heavy atom. The van der Waals surface area contributed by atoms with E-state index < -0.39 is 10.2 Å². The Bertz CT molecular complexity index is 245. The van der Waals surface area contributed by atoms with E-state index in [4.69, 9.17) is 0 Å². The van der Waals surface area contributed by atoms with Gasteiger partial charge in [-0.25, -0.2) is 0 Å². The van der Waals surface area contributed by atoms with E-state index in [2.05, 4.69) is 10.0 Å². The Morgan fingerprint density at radius 2 is 1.71 bits per heavy atom. The first-order chi connectivity index (χ1) is 6.67. The Labute approximate surface area is 86.0 Å². The smallest absolute Gasteiger partial charge is 0.280 e. The molecule has 84 valence electrons. The van der Waals surface area contributed by atoms with Crippen molar-refractivity contribution in [1.29, 1.82) is 0 Å². The predicted octanol–water partition coefficient (Wildman–Crippen LogP) is -0.126. The molecule has 1 rings (SSSR count). The molecule has 0 aromatic heterocycles. The Hall–Kier alpha value is -0.170. The summed E-state index contributed by atoms with van der Waals surface area (Å²) in [5.74, 6) is 0. The number of hydrogen-bond donors (Lipinski definition) is 2. The second-order valence-electron chi connectivity index (χ2n) is 3.49. The number of nitrogens with one attached hydrogen (secondary N) is 2. The topological polar surface area (TPSA) is 61.4 Å². The summed E-state index contributed by atoms with van der Waals surface area (Å²) in [4.78, 5) is 0. The molecule has 0 atom stereocenters. The summed E-state index contributed by atoms with van der Waals surface area (Å²) in [5.41, 5.74) is 0. The van der Waals surface area contributed by atoms with Gasteiger partial charge in [0.1, 0.15) is 0 Å². The summed E-state index contributed by atoms with van der Waals surface area (Å²) in [6.45, 7) is 1.59. The fraction of sp³-hybridized carbons (Fsp3) is 1.00. The Balaban J connectivity index is 2.51. The lowest BCUT2D eigenvalue weighted by molar-refractivity contribution is 0.413. The van der Waals surface area contributed by atoms with Gasteiger partial charge in [-0.2, -0.15) is 17.4 Å². The minimum Gasteiger partial charge on any atom is -0.307 e. The average molecular weight is 221 g/mol. The van der Waals surface area contributed by atoms with Crippen LogP contribution >= 0.6 is 0 Å². The molecule has 0 saturated carbocycles. The zero-order chi connectivity index (χ0) is 10.4. The van der Waals surface area contributed by atoms with Gasteiger partial charge in [0.05, 0.1) is 6.67 Å². The quantitative estimate of drug-likeness (QED) is 0.650. The van der Waals surface area contributed by atoms with Crippen LogP contribution in [0.1, 0.15) is 25.7 Å². The van der Waals surface area contributed by atoms with Gasteiger partial charge in [0.25, 0.3) is 10.2 Å². The maximum Gasteiger partial charge on any atom is 0.280 e. The largest absolute Gasteiger partial charge is 0.307 e. The van der Waals surface area contributed by atoms with Gasteiger partial charge in [-0.3, -0.25) is 0 Å². The van der Waals surface area contributed by atoms with Crippen LogP contribution in [0, 0.1) is 0 Å². The highest BCUT2D eigenvalue weighted by Crippen LogP contribution is 2.11. The SMILES string of the molecule is CNCNS(=O)(=O)N1CCCCCC1. The normalized spacial score (nSPS) is 20.6. The molecule has 0 aliphatic carbocycles. The lowest BCUT2D eigenvalue weighted by atomic mass is 10.2. The molecule has 0 bridgehead atoms. The molecule has 5 nitrogen and oxygen atoms in total. The van der Waals surface area contributed by atoms with E-state index in [1.54, 1.807) is 7.05 Å². The standard InChI is InChI=1S/C8H19N3O2S/c1-9-8-10-14(12,13)11-6-4-2-3-5-7-11/h9-10H,2-8H2,1H3. The maximum absolute atomic E-state index is 11.7. The van der Waals surface area contributed by atoms with Gasteiger partial charge in [-0.05, 0) is 19.9 Å². The second kappa shape index (κ2) is 5.65. The van der Waals surface area contributed by atoms with E-state index in [1.165, 1.54) is 4.31 Å². The highest BCUT2D eigenvalue weighted by atomic mass is 32.2. The lowest BCUT2D eigenvalue weighted by Gasteiger charge is -2.19. The molecular weight excluding hydrogens is 202 g/mol. The summed E-state index contributed by atoms with van der Waals surface area (Å²) in [6.07, 6.45) is 4.22. The van der Waals surface area contributed by atoms with E-state index in [0.717, 1.165) is 25.7 Å². The van der Waals surface area contributed by atoms with Crippen LogP contribution < -0.4 is 10.0 Å². The third kappa shape index (κ3) is 3.53. The van der Waals surface area contributed by atoms with Crippen molar-refractivity contribution < 1.29 is 8.42 Å². The number of nitrogens with zero attached hydrogens (tertiary/aromatic N) is 1. The lowest BCUT2D eigenvalue weighted by Crippen LogP contribution is -2.44. The fourth-order valence-corrected chi connectivity index (χ4v) is 2.78. The van der Waals surface area contributed by atoms with Crippen molar-refractivity contribution in [2.45, 2.75) is 25.7 Å². The molecule has 1 aliphatic rings. The van der Waals surface area contributed by atoms with Crippen LogP contribution in [-0.4, -0.2) is 39.5 Å². The molecule has 0 unspecified atom stereocenters. The molecule has 0 amide bonds. The average Bonchev–Trinajstić information content (AvgIpc) is 2.43. The first kappa shape index (κ1) is 11.9. The zero-order valence-electron chi connectivity index (χ0n) is 8.62. The molecule has 0 radical (unpaired) electrons. The molecule has 1 aliphatic heterocycles. The van der Waals surface area contributed by atoms with Gasteiger partial charge in [-0.1, -0.05) is 12.8 Å². The van der Waals surface area contributed by atoms with Crippen molar-refractivity contribution in [3.05, 3.63) is 0 Å². The van der Waals surface area contributed by atoms with Crippen LogP contribution in [0.15, 0.2) is 0 Å². The number of hydrogen-bond acceptors (Lipinski definition) is 3. The molecule has 14 heavy (non-hydrogen) atoms. The van der Waals surface area contributed by atoms with Gasteiger partial charge < -0.3 is 5.32 Å². The van der Waals surface area contributed by atoms with E-state index in [1.807, 2.05) is 0 Å². The van der Waals surface area contributed by atoms with Gasteiger partial charge in [-0.15, -0.1) is 0 Å². The minimum absolute atomic E-state index is 0.291. The van der Waals surface area contributed by atoms with E-state index in [0.29, 0.717) is 19.8 Å². The van der Waals surface area contributed by atoms with Gasteiger partial charge in [0, 0.05) is 13.1 Å². The van der Waals surface area contributed by atoms with Gasteiger partial charge in [0.15, 0.2) is 0 Å².